The van der Waals surface area contributed by atoms with Crippen molar-refractivity contribution in [1.82, 2.24) is 4.98 Å². The minimum Gasteiger partial charge on any atom is -0.350 e. The molecular weight excluding hydrogens is 298 g/mol. The van der Waals surface area contributed by atoms with Gasteiger partial charge in [-0.1, -0.05) is 17.4 Å². The minimum atomic E-state index is -0.386. The summed E-state index contributed by atoms with van der Waals surface area (Å²) >= 11 is 1.29. The van der Waals surface area contributed by atoms with E-state index in [1.54, 1.807) is 0 Å². The number of fused-ring (bicyclic) bond motifs is 1. The Morgan fingerprint density at radius 3 is 2.55 bits per heavy atom. The fraction of sp³-hybridized carbons (Fsp3) is 0.588. The average molecular weight is 321 g/mol. The molecule has 0 amide bonds. The molecule has 5 heteroatoms. The van der Waals surface area contributed by atoms with Crippen molar-refractivity contribution >= 4 is 21.6 Å². The van der Waals surface area contributed by atoms with Gasteiger partial charge < -0.3 is 14.5 Å². The van der Waals surface area contributed by atoms with E-state index >= 15 is 0 Å². The molecule has 0 atom stereocenters. The predicted octanol–water partition coefficient (Wildman–Crippen LogP) is 4.02. The number of aromatic amines is 1. The maximum absolute atomic E-state index is 11.4. The van der Waals surface area contributed by atoms with E-state index in [9.17, 15) is 4.79 Å². The van der Waals surface area contributed by atoms with Crippen LogP contribution in [-0.4, -0.2) is 24.0 Å². The quantitative estimate of drug-likeness (QED) is 0.846. The summed E-state index contributed by atoms with van der Waals surface area (Å²) < 4.78 is 12.9. The predicted molar refractivity (Wildman–Crippen MR) is 89.6 cm³/mol. The first-order valence-corrected chi connectivity index (χ1v) is 8.88. The maximum Gasteiger partial charge on any atom is 0.305 e. The molecule has 1 N–H and O–H groups in total. The number of rotatable bonds is 5. The van der Waals surface area contributed by atoms with Gasteiger partial charge in [-0.3, -0.25) is 4.79 Å². The molecule has 3 rings (SSSR count). The summed E-state index contributed by atoms with van der Waals surface area (Å²) in [5, 5.41) is 0. The van der Waals surface area contributed by atoms with E-state index in [-0.39, 0.29) is 10.7 Å². The molecule has 2 aromatic rings. The van der Waals surface area contributed by atoms with Crippen LogP contribution in [0.3, 0.4) is 0 Å². The molecule has 0 aliphatic heterocycles. The molecule has 1 fully saturated rings. The van der Waals surface area contributed by atoms with Crippen molar-refractivity contribution in [1.29, 1.82) is 0 Å². The summed E-state index contributed by atoms with van der Waals surface area (Å²) in [6, 6.07) is 6.33. The summed E-state index contributed by atoms with van der Waals surface area (Å²) in [6.07, 6.45) is 3.98. The molecular formula is C17H23NO3S. The zero-order valence-electron chi connectivity index (χ0n) is 13.2. The van der Waals surface area contributed by atoms with E-state index < -0.39 is 0 Å². The Balaban J connectivity index is 1.75. The van der Waals surface area contributed by atoms with Gasteiger partial charge in [-0.25, -0.2) is 0 Å². The van der Waals surface area contributed by atoms with Crippen LogP contribution in [-0.2, 0) is 9.47 Å². The monoisotopic (exact) mass is 321 g/mol. The lowest BCUT2D eigenvalue weighted by Crippen LogP contribution is -2.39. The molecule has 0 bridgehead atoms. The van der Waals surface area contributed by atoms with Gasteiger partial charge in [0, 0.05) is 26.1 Å². The van der Waals surface area contributed by atoms with Crippen molar-refractivity contribution < 1.29 is 9.47 Å². The number of thiazole rings is 1. The van der Waals surface area contributed by atoms with Crippen LogP contribution in [0.4, 0.5) is 0 Å². The Morgan fingerprint density at radius 1 is 1.23 bits per heavy atom. The van der Waals surface area contributed by atoms with E-state index in [4.69, 9.17) is 9.47 Å². The highest BCUT2D eigenvalue weighted by Gasteiger charge is 2.37. The first-order valence-electron chi connectivity index (χ1n) is 8.06. The third kappa shape index (κ3) is 3.12. The summed E-state index contributed by atoms with van der Waals surface area (Å²) in [7, 11) is 0. The molecule has 0 spiro atoms. The topological polar surface area (TPSA) is 51.3 Å². The van der Waals surface area contributed by atoms with Crippen molar-refractivity contribution in [2.45, 2.75) is 51.2 Å². The van der Waals surface area contributed by atoms with Crippen LogP contribution in [0.5, 0.6) is 0 Å². The van der Waals surface area contributed by atoms with Crippen molar-refractivity contribution in [3.8, 4) is 0 Å². The second-order valence-electron chi connectivity index (χ2n) is 5.82. The minimum absolute atomic E-state index is 0.0162. The summed E-state index contributed by atoms with van der Waals surface area (Å²) in [6.45, 7) is 5.42. The van der Waals surface area contributed by atoms with Crippen LogP contribution in [0.15, 0.2) is 23.0 Å². The summed E-state index contributed by atoms with van der Waals surface area (Å²) in [4.78, 5) is 14.3. The zero-order chi connectivity index (χ0) is 15.6. The van der Waals surface area contributed by atoms with Crippen LogP contribution in [0.25, 0.3) is 10.2 Å². The van der Waals surface area contributed by atoms with Crippen molar-refractivity contribution in [2.24, 2.45) is 0 Å². The number of hydrogen-bond donors (Lipinski definition) is 1. The molecule has 1 aliphatic rings. The molecule has 1 saturated carbocycles. The van der Waals surface area contributed by atoms with Crippen LogP contribution < -0.4 is 4.87 Å². The lowest BCUT2D eigenvalue weighted by Gasteiger charge is -2.39. The van der Waals surface area contributed by atoms with E-state index in [1.165, 1.54) is 16.9 Å². The van der Waals surface area contributed by atoms with Crippen molar-refractivity contribution in [3.63, 3.8) is 0 Å². The summed E-state index contributed by atoms with van der Waals surface area (Å²) in [5.74, 6) is 0.138. The number of benzene rings is 1. The standard InChI is InChI=1S/C17H23NO3S/c1-3-20-17(21-4-2)9-7-12(8-10-17)13-5-6-14-15(11-13)22-16(19)18-14/h5-6,11-12H,3-4,7-10H2,1-2H3,(H,18,19). The van der Waals surface area contributed by atoms with Gasteiger partial charge in [0.2, 0.25) is 0 Å². The molecule has 4 nitrogen and oxygen atoms in total. The Bertz CT molecular complexity index is 675. The van der Waals surface area contributed by atoms with Gasteiger partial charge in [-0.15, -0.1) is 0 Å². The lowest BCUT2D eigenvalue weighted by molar-refractivity contribution is -0.249. The number of nitrogens with one attached hydrogen (secondary N) is 1. The SMILES string of the molecule is CCOC1(OCC)CCC(c2ccc3[nH]c(=O)sc3c2)CC1. The van der Waals surface area contributed by atoms with Gasteiger partial charge in [0.05, 0.1) is 10.2 Å². The van der Waals surface area contributed by atoms with Crippen LogP contribution >= 0.6 is 11.3 Å². The Kier molecular flexibility index (Phi) is 4.66. The number of aromatic nitrogens is 1. The third-order valence-corrected chi connectivity index (χ3v) is 5.32. The highest BCUT2D eigenvalue weighted by atomic mass is 32.1. The van der Waals surface area contributed by atoms with Gasteiger partial charge in [-0.2, -0.15) is 0 Å². The Morgan fingerprint density at radius 2 is 1.91 bits per heavy atom. The molecule has 1 aromatic heterocycles. The van der Waals surface area contributed by atoms with Gasteiger partial charge in [-0.05, 0) is 50.3 Å². The second kappa shape index (κ2) is 6.52. The molecule has 22 heavy (non-hydrogen) atoms. The number of hydrogen-bond acceptors (Lipinski definition) is 4. The lowest BCUT2D eigenvalue weighted by atomic mass is 9.81. The zero-order valence-corrected chi connectivity index (χ0v) is 14.0. The van der Waals surface area contributed by atoms with Gasteiger partial charge in [0.1, 0.15) is 0 Å². The Hall–Kier alpha value is -1.17. The molecule has 1 aromatic carbocycles. The van der Waals surface area contributed by atoms with Crippen LogP contribution in [0.2, 0.25) is 0 Å². The third-order valence-electron chi connectivity index (χ3n) is 4.48. The van der Waals surface area contributed by atoms with Crippen molar-refractivity contribution in [2.75, 3.05) is 13.2 Å². The van der Waals surface area contributed by atoms with Gasteiger partial charge >= 0.3 is 4.87 Å². The average Bonchev–Trinajstić information content (AvgIpc) is 2.88. The molecule has 0 saturated heterocycles. The first kappa shape index (κ1) is 15.7. The van der Waals surface area contributed by atoms with E-state index in [2.05, 4.69) is 17.1 Å². The molecule has 120 valence electrons. The van der Waals surface area contributed by atoms with E-state index in [0.29, 0.717) is 19.1 Å². The largest absolute Gasteiger partial charge is 0.350 e. The van der Waals surface area contributed by atoms with E-state index in [1.807, 2.05) is 19.9 Å². The van der Waals surface area contributed by atoms with Gasteiger partial charge in [0.25, 0.3) is 0 Å². The summed E-state index contributed by atoms with van der Waals surface area (Å²) in [5.41, 5.74) is 2.26. The smallest absolute Gasteiger partial charge is 0.305 e. The molecule has 0 unspecified atom stereocenters. The van der Waals surface area contributed by atoms with E-state index in [0.717, 1.165) is 35.9 Å². The first-order chi connectivity index (χ1) is 10.7. The second-order valence-corrected chi connectivity index (χ2v) is 6.84. The fourth-order valence-corrected chi connectivity index (χ4v) is 4.25. The van der Waals surface area contributed by atoms with Crippen LogP contribution in [0.1, 0.15) is 51.0 Å². The molecule has 0 radical (unpaired) electrons. The highest BCUT2D eigenvalue weighted by molar-refractivity contribution is 7.16. The number of ether oxygens (including phenoxy) is 2. The number of H-pyrrole nitrogens is 1. The molecule has 1 aliphatic carbocycles. The van der Waals surface area contributed by atoms with Crippen molar-refractivity contribution in [3.05, 3.63) is 33.4 Å². The molecule has 1 heterocycles. The normalized spacial score (nSPS) is 18.8. The fourth-order valence-electron chi connectivity index (χ4n) is 3.46. The van der Waals surface area contributed by atoms with Gasteiger partial charge in [0.15, 0.2) is 5.79 Å². The Labute approximate surface area is 134 Å². The van der Waals surface area contributed by atoms with Crippen LogP contribution in [0, 0.1) is 0 Å². The highest BCUT2D eigenvalue weighted by Crippen LogP contribution is 2.41. The maximum atomic E-state index is 11.4.